The molecule has 21 heavy (non-hydrogen) atoms. The number of nitriles is 1. The van der Waals surface area contributed by atoms with Crippen molar-refractivity contribution in [3.63, 3.8) is 0 Å². The first-order valence-electron chi connectivity index (χ1n) is 5.95. The van der Waals surface area contributed by atoms with Gasteiger partial charge in [-0.15, -0.1) is 0 Å². The summed E-state index contributed by atoms with van der Waals surface area (Å²) in [5.74, 6) is 0.0663. The van der Waals surface area contributed by atoms with Crippen molar-refractivity contribution in [3.8, 4) is 6.07 Å². The standard InChI is InChI=1S/C15H10F3NOS/c16-15(17,18)13-5-2-6-14(8-13)21(20)10-12-4-1-3-11(7-12)9-19/h1-8H,10H2. The van der Waals surface area contributed by atoms with Crippen molar-refractivity contribution in [1.82, 2.24) is 0 Å². The van der Waals surface area contributed by atoms with Crippen molar-refractivity contribution < 1.29 is 17.4 Å². The van der Waals surface area contributed by atoms with Gasteiger partial charge in [0.1, 0.15) is 0 Å². The summed E-state index contributed by atoms with van der Waals surface area (Å²) in [5.41, 5.74) is 0.248. The Hall–Kier alpha value is -2.13. The molecule has 6 heteroatoms. The number of benzene rings is 2. The Kier molecular flexibility index (Phi) is 4.43. The molecule has 0 bridgehead atoms. The van der Waals surface area contributed by atoms with Gasteiger partial charge in [0.15, 0.2) is 0 Å². The van der Waals surface area contributed by atoms with E-state index >= 15 is 0 Å². The van der Waals surface area contributed by atoms with Crippen molar-refractivity contribution in [1.29, 1.82) is 5.26 Å². The van der Waals surface area contributed by atoms with Crippen LogP contribution < -0.4 is 0 Å². The molecule has 0 aromatic heterocycles. The molecule has 0 saturated heterocycles. The van der Waals surface area contributed by atoms with Crippen LogP contribution in [0, 0.1) is 11.3 Å². The number of halogens is 3. The predicted octanol–water partition coefficient (Wildman–Crippen LogP) is 3.88. The van der Waals surface area contributed by atoms with Crippen LogP contribution in [0.2, 0.25) is 0 Å². The highest BCUT2D eigenvalue weighted by molar-refractivity contribution is 7.84. The molecule has 108 valence electrons. The molecule has 0 aliphatic rings. The van der Waals surface area contributed by atoms with E-state index in [-0.39, 0.29) is 10.6 Å². The highest BCUT2D eigenvalue weighted by Gasteiger charge is 2.30. The van der Waals surface area contributed by atoms with E-state index in [1.807, 2.05) is 6.07 Å². The molecule has 0 aliphatic heterocycles. The van der Waals surface area contributed by atoms with Gasteiger partial charge in [-0.1, -0.05) is 18.2 Å². The molecular weight excluding hydrogens is 299 g/mol. The lowest BCUT2D eigenvalue weighted by molar-refractivity contribution is -0.137. The summed E-state index contributed by atoms with van der Waals surface area (Å²) < 4.78 is 50.0. The lowest BCUT2D eigenvalue weighted by Crippen LogP contribution is -2.06. The number of nitrogens with zero attached hydrogens (tertiary/aromatic N) is 1. The third kappa shape index (κ3) is 3.92. The largest absolute Gasteiger partial charge is 0.416 e. The minimum absolute atomic E-state index is 0.0663. The van der Waals surface area contributed by atoms with Crippen LogP contribution in [0.3, 0.4) is 0 Å². The maximum Gasteiger partial charge on any atom is 0.416 e. The fraction of sp³-hybridized carbons (Fsp3) is 0.133. The number of hydrogen-bond acceptors (Lipinski definition) is 2. The van der Waals surface area contributed by atoms with Crippen LogP contribution >= 0.6 is 0 Å². The highest BCUT2D eigenvalue weighted by atomic mass is 32.2. The van der Waals surface area contributed by atoms with Gasteiger partial charge < -0.3 is 0 Å². The molecule has 0 aliphatic carbocycles. The quantitative estimate of drug-likeness (QED) is 0.863. The lowest BCUT2D eigenvalue weighted by Gasteiger charge is -2.08. The first kappa shape index (κ1) is 15.3. The Morgan fingerprint density at radius 3 is 2.48 bits per heavy atom. The predicted molar refractivity (Wildman–Crippen MR) is 72.7 cm³/mol. The summed E-state index contributed by atoms with van der Waals surface area (Å²) in [6.07, 6.45) is -4.46. The molecule has 0 saturated carbocycles. The van der Waals surface area contributed by atoms with Crippen molar-refractivity contribution in [2.45, 2.75) is 16.8 Å². The molecule has 0 N–H and O–H groups in total. The van der Waals surface area contributed by atoms with Crippen LogP contribution in [0.25, 0.3) is 0 Å². The maximum absolute atomic E-state index is 12.6. The molecule has 2 aromatic rings. The topological polar surface area (TPSA) is 40.9 Å². The van der Waals surface area contributed by atoms with Gasteiger partial charge in [0.2, 0.25) is 0 Å². The minimum atomic E-state index is -4.46. The van der Waals surface area contributed by atoms with Crippen molar-refractivity contribution in [2.75, 3.05) is 0 Å². The lowest BCUT2D eigenvalue weighted by atomic mass is 10.2. The van der Waals surface area contributed by atoms with E-state index < -0.39 is 22.5 Å². The smallest absolute Gasteiger partial charge is 0.254 e. The summed E-state index contributed by atoms with van der Waals surface area (Å²) >= 11 is 0. The molecule has 0 radical (unpaired) electrons. The summed E-state index contributed by atoms with van der Waals surface area (Å²) in [5, 5.41) is 8.79. The highest BCUT2D eigenvalue weighted by Crippen LogP contribution is 2.30. The molecule has 0 amide bonds. The second kappa shape index (κ2) is 6.10. The average molecular weight is 309 g/mol. The second-order valence-electron chi connectivity index (χ2n) is 4.33. The molecule has 1 atom stereocenters. The normalized spacial score (nSPS) is 12.7. The third-order valence-corrected chi connectivity index (χ3v) is 4.15. The molecule has 0 heterocycles. The van der Waals surface area contributed by atoms with E-state index in [9.17, 15) is 17.4 Å². The van der Waals surface area contributed by atoms with Crippen LogP contribution in [0.1, 0.15) is 16.7 Å². The van der Waals surface area contributed by atoms with Crippen molar-refractivity contribution >= 4 is 10.8 Å². The maximum atomic E-state index is 12.6. The summed E-state index contributed by atoms with van der Waals surface area (Å²) in [6, 6.07) is 13.0. The zero-order valence-electron chi connectivity index (χ0n) is 10.7. The Morgan fingerprint density at radius 1 is 1.10 bits per heavy atom. The van der Waals surface area contributed by atoms with Gasteiger partial charge in [-0.25, -0.2) is 0 Å². The number of rotatable bonds is 3. The Morgan fingerprint density at radius 2 is 1.81 bits per heavy atom. The van der Waals surface area contributed by atoms with E-state index in [4.69, 9.17) is 5.26 Å². The number of hydrogen-bond donors (Lipinski definition) is 0. The fourth-order valence-electron chi connectivity index (χ4n) is 1.78. The van der Waals surface area contributed by atoms with Gasteiger partial charge in [-0.3, -0.25) is 4.21 Å². The molecule has 0 spiro atoms. The minimum Gasteiger partial charge on any atom is -0.254 e. The summed E-state index contributed by atoms with van der Waals surface area (Å²) in [6.45, 7) is 0. The summed E-state index contributed by atoms with van der Waals surface area (Å²) in [4.78, 5) is 0.118. The Balaban J connectivity index is 2.23. The van der Waals surface area contributed by atoms with E-state index in [2.05, 4.69) is 0 Å². The molecule has 1 unspecified atom stereocenters. The second-order valence-corrected chi connectivity index (χ2v) is 5.78. The van der Waals surface area contributed by atoms with Gasteiger partial charge >= 0.3 is 6.18 Å². The zero-order chi connectivity index (χ0) is 15.5. The molecule has 2 nitrogen and oxygen atoms in total. The van der Waals surface area contributed by atoms with Crippen LogP contribution in [-0.4, -0.2) is 4.21 Å². The van der Waals surface area contributed by atoms with Crippen molar-refractivity contribution in [2.24, 2.45) is 0 Å². The van der Waals surface area contributed by atoms with Gasteiger partial charge in [0.25, 0.3) is 0 Å². The van der Waals surface area contributed by atoms with E-state index in [0.29, 0.717) is 11.1 Å². The third-order valence-electron chi connectivity index (χ3n) is 2.78. The first-order chi connectivity index (χ1) is 9.90. The Bertz CT molecular complexity index is 719. The van der Waals surface area contributed by atoms with E-state index in [1.54, 1.807) is 24.3 Å². The van der Waals surface area contributed by atoms with Crippen LogP contribution in [-0.2, 0) is 22.7 Å². The Labute approximate surface area is 122 Å². The van der Waals surface area contributed by atoms with Crippen molar-refractivity contribution in [3.05, 3.63) is 65.2 Å². The van der Waals surface area contributed by atoms with E-state index in [0.717, 1.165) is 12.1 Å². The van der Waals surface area contributed by atoms with E-state index in [1.165, 1.54) is 12.1 Å². The fourth-order valence-corrected chi connectivity index (χ4v) is 2.92. The molecule has 0 fully saturated rings. The van der Waals surface area contributed by atoms with Gasteiger partial charge in [-0.2, -0.15) is 18.4 Å². The molecule has 2 rings (SSSR count). The molecule has 2 aromatic carbocycles. The van der Waals surface area contributed by atoms with Gasteiger partial charge in [-0.05, 0) is 35.9 Å². The average Bonchev–Trinajstić information content (AvgIpc) is 2.46. The first-order valence-corrected chi connectivity index (χ1v) is 7.27. The molecular formula is C15H10F3NOS. The zero-order valence-corrected chi connectivity index (χ0v) is 11.5. The monoisotopic (exact) mass is 309 g/mol. The van der Waals surface area contributed by atoms with Gasteiger partial charge in [0.05, 0.1) is 33.7 Å². The van der Waals surface area contributed by atoms with Crippen LogP contribution in [0.5, 0.6) is 0 Å². The van der Waals surface area contributed by atoms with Crippen LogP contribution in [0.15, 0.2) is 53.4 Å². The number of alkyl halides is 3. The van der Waals surface area contributed by atoms with Gasteiger partial charge in [0, 0.05) is 4.90 Å². The summed E-state index contributed by atoms with van der Waals surface area (Å²) in [7, 11) is -1.60. The van der Waals surface area contributed by atoms with Crippen LogP contribution in [0.4, 0.5) is 13.2 Å². The SMILES string of the molecule is N#Cc1cccc(CS(=O)c2cccc(C(F)(F)F)c2)c1.